The van der Waals surface area contributed by atoms with Crippen molar-refractivity contribution < 1.29 is 26.4 Å². The highest BCUT2D eigenvalue weighted by molar-refractivity contribution is 7.94. The molecule has 0 fully saturated rings. The van der Waals surface area contributed by atoms with E-state index >= 15 is 0 Å². The Morgan fingerprint density at radius 3 is 1.36 bits per heavy atom. The molecular weight excluding hydrogens is 632 g/mol. The van der Waals surface area contributed by atoms with Gasteiger partial charge in [-0.05, 0) is 80.6 Å². The summed E-state index contributed by atoms with van der Waals surface area (Å²) < 4.78 is 57.1. The van der Waals surface area contributed by atoms with Gasteiger partial charge in [0.1, 0.15) is 0 Å². The highest BCUT2D eigenvalue weighted by Crippen LogP contribution is 2.37. The normalized spacial score (nSPS) is 11.5. The third-order valence-electron chi connectivity index (χ3n) is 6.91. The molecular formula is C34H27ClN2O6S2. The Morgan fingerprint density at radius 2 is 0.933 bits per heavy atom. The maximum absolute atomic E-state index is 14.0. The second-order valence-corrected chi connectivity index (χ2v) is 14.1. The maximum atomic E-state index is 14.0. The van der Waals surface area contributed by atoms with Crippen LogP contribution in [0.25, 0.3) is 0 Å². The highest BCUT2D eigenvalue weighted by Gasteiger charge is 2.36. The highest BCUT2D eigenvalue weighted by atomic mass is 35.5. The lowest BCUT2D eigenvalue weighted by atomic mass is 10.2. The zero-order valence-electron chi connectivity index (χ0n) is 24.2. The van der Waals surface area contributed by atoms with Gasteiger partial charge >= 0.3 is 0 Å². The van der Waals surface area contributed by atoms with Crippen molar-refractivity contribution in [1.82, 2.24) is 0 Å². The molecule has 0 atom stereocenters. The number of benzene rings is 5. The van der Waals surface area contributed by atoms with Crippen LogP contribution in [-0.2, 0) is 20.0 Å². The molecule has 0 radical (unpaired) electrons. The molecule has 5 aromatic carbocycles. The summed E-state index contributed by atoms with van der Waals surface area (Å²) in [5.74, 6) is -1.74. The predicted molar refractivity (Wildman–Crippen MR) is 175 cm³/mol. The Bertz CT molecular complexity index is 2090. The van der Waals surface area contributed by atoms with E-state index in [0.29, 0.717) is 8.61 Å². The lowest BCUT2D eigenvalue weighted by Gasteiger charge is -2.26. The van der Waals surface area contributed by atoms with Crippen LogP contribution < -0.4 is 8.61 Å². The lowest BCUT2D eigenvalue weighted by Crippen LogP contribution is -2.38. The third kappa shape index (κ3) is 6.39. The summed E-state index contributed by atoms with van der Waals surface area (Å²) in [5, 5.41) is -0.280. The largest absolute Gasteiger partial charge is 0.272 e. The molecule has 0 saturated carbocycles. The van der Waals surface area contributed by atoms with Crippen molar-refractivity contribution in [3.05, 3.63) is 155 Å². The molecule has 0 saturated heterocycles. The maximum Gasteiger partial charge on any atom is 0.272 e. The van der Waals surface area contributed by atoms with E-state index in [1.54, 1.807) is 74.5 Å². The van der Waals surface area contributed by atoms with Crippen molar-refractivity contribution in [1.29, 1.82) is 0 Å². The molecule has 5 aromatic rings. The van der Waals surface area contributed by atoms with Crippen LogP contribution in [0.5, 0.6) is 0 Å². The van der Waals surface area contributed by atoms with Crippen molar-refractivity contribution >= 4 is 54.8 Å². The molecule has 0 bridgehead atoms. The second kappa shape index (κ2) is 12.7. The molecule has 0 unspecified atom stereocenters. The van der Waals surface area contributed by atoms with E-state index in [0.717, 1.165) is 17.2 Å². The Kier molecular flexibility index (Phi) is 8.92. The molecule has 0 aliphatic carbocycles. The Hall–Kier alpha value is -4.77. The number of carbonyl (C=O) groups is 2. The lowest BCUT2D eigenvalue weighted by molar-refractivity contribution is 0.0996. The average molecular weight is 659 g/mol. The van der Waals surface area contributed by atoms with Crippen molar-refractivity contribution in [3.8, 4) is 0 Å². The number of nitrogens with zero attached hydrogens (tertiary/aromatic N) is 2. The van der Waals surface area contributed by atoms with Gasteiger partial charge in [0, 0.05) is 11.1 Å². The fourth-order valence-corrected chi connectivity index (χ4v) is 7.68. The van der Waals surface area contributed by atoms with Crippen LogP contribution in [0.3, 0.4) is 0 Å². The van der Waals surface area contributed by atoms with E-state index in [1.807, 2.05) is 0 Å². The van der Waals surface area contributed by atoms with Crippen molar-refractivity contribution in [2.24, 2.45) is 0 Å². The number of amides is 2. The van der Waals surface area contributed by atoms with Gasteiger partial charge in [-0.3, -0.25) is 9.59 Å². The molecule has 0 aliphatic heterocycles. The minimum atomic E-state index is -4.51. The third-order valence-corrected chi connectivity index (χ3v) is 10.7. The molecule has 0 N–H and O–H groups in total. The van der Waals surface area contributed by atoms with Gasteiger partial charge in [-0.2, -0.15) is 8.61 Å². The molecule has 0 aliphatic rings. The smallest absolute Gasteiger partial charge is 0.268 e. The number of hydrogen-bond donors (Lipinski definition) is 0. The van der Waals surface area contributed by atoms with Gasteiger partial charge in [-0.1, -0.05) is 83.4 Å². The first-order valence-corrected chi connectivity index (χ1v) is 16.9. The number of rotatable bonds is 8. The second-order valence-electron chi connectivity index (χ2n) is 10.1. The van der Waals surface area contributed by atoms with Gasteiger partial charge < -0.3 is 0 Å². The Balaban J connectivity index is 1.68. The van der Waals surface area contributed by atoms with Crippen molar-refractivity contribution in [3.63, 3.8) is 0 Å². The van der Waals surface area contributed by atoms with Crippen LogP contribution in [0, 0.1) is 13.8 Å². The van der Waals surface area contributed by atoms with Crippen LogP contribution in [0.15, 0.2) is 137 Å². The number of aryl methyl sites for hydroxylation is 2. The van der Waals surface area contributed by atoms with Crippen molar-refractivity contribution in [2.45, 2.75) is 23.6 Å². The van der Waals surface area contributed by atoms with Gasteiger partial charge in [-0.25, -0.2) is 16.8 Å². The zero-order valence-corrected chi connectivity index (χ0v) is 26.6. The molecule has 8 nitrogen and oxygen atoms in total. The van der Waals surface area contributed by atoms with Gasteiger partial charge in [-0.15, -0.1) is 0 Å². The van der Waals surface area contributed by atoms with Crippen LogP contribution in [0.4, 0.5) is 11.4 Å². The molecule has 0 spiro atoms. The van der Waals surface area contributed by atoms with Gasteiger partial charge in [0.2, 0.25) is 0 Å². The van der Waals surface area contributed by atoms with Gasteiger partial charge in [0.05, 0.1) is 26.2 Å². The summed E-state index contributed by atoms with van der Waals surface area (Å²) in [5.41, 5.74) is 1.43. The number of halogens is 1. The summed E-state index contributed by atoms with van der Waals surface area (Å²) >= 11 is 6.69. The standard InChI is InChI=1S/C34H27ClN2O6S2/c1-24-13-18-29(19-14-24)44(40,41)36(33(38)26-9-5-3-6-10-26)28-17-22-32(31(35)23-28)37(34(39)27-11-7-4-8-12-27)45(42,43)30-20-15-25(2)16-21-30/h3-23H,1-2H3. The molecule has 0 heterocycles. The monoisotopic (exact) mass is 658 g/mol. The number of carbonyl (C=O) groups excluding carboxylic acids is 2. The quantitative estimate of drug-likeness (QED) is 0.177. The first kappa shape index (κ1) is 31.6. The number of anilines is 2. The van der Waals surface area contributed by atoms with Gasteiger partial charge in [0.15, 0.2) is 0 Å². The van der Waals surface area contributed by atoms with E-state index in [9.17, 15) is 26.4 Å². The molecule has 11 heteroatoms. The summed E-state index contributed by atoms with van der Waals surface area (Å²) in [6, 6.07) is 31.2. The zero-order chi connectivity index (χ0) is 32.4. The van der Waals surface area contributed by atoms with E-state index < -0.39 is 31.9 Å². The summed E-state index contributed by atoms with van der Waals surface area (Å²) in [6.45, 7) is 3.60. The van der Waals surface area contributed by atoms with Crippen molar-refractivity contribution in [2.75, 3.05) is 8.61 Å². The first-order valence-electron chi connectivity index (χ1n) is 13.6. The van der Waals surface area contributed by atoms with Crippen LogP contribution >= 0.6 is 11.6 Å². The number of hydrogen-bond acceptors (Lipinski definition) is 6. The van der Waals surface area contributed by atoms with E-state index in [2.05, 4.69) is 0 Å². The average Bonchev–Trinajstić information content (AvgIpc) is 3.03. The summed E-state index contributed by atoms with van der Waals surface area (Å²) in [7, 11) is -8.98. The van der Waals surface area contributed by atoms with Gasteiger partial charge in [0.25, 0.3) is 31.9 Å². The molecule has 2 amide bonds. The molecule has 5 rings (SSSR count). The fourth-order valence-electron chi connectivity index (χ4n) is 4.53. The Labute approximate surface area is 267 Å². The van der Waals surface area contributed by atoms with E-state index in [1.165, 1.54) is 60.7 Å². The molecule has 228 valence electrons. The summed E-state index contributed by atoms with van der Waals surface area (Å²) in [4.78, 5) is 27.3. The van der Waals surface area contributed by atoms with Crippen LogP contribution in [0.1, 0.15) is 31.8 Å². The van der Waals surface area contributed by atoms with Crippen LogP contribution in [-0.4, -0.2) is 28.6 Å². The summed E-state index contributed by atoms with van der Waals surface area (Å²) in [6.07, 6.45) is 0. The predicted octanol–water partition coefficient (Wildman–Crippen LogP) is 7.03. The van der Waals surface area contributed by atoms with E-state index in [4.69, 9.17) is 11.6 Å². The molecule has 45 heavy (non-hydrogen) atoms. The first-order chi connectivity index (χ1) is 21.4. The number of sulfonamides is 2. The SMILES string of the molecule is Cc1ccc(S(=O)(=O)N(C(=O)c2ccccc2)c2ccc(N(C(=O)c3ccccc3)S(=O)(=O)c3ccc(C)cc3)c(Cl)c2)cc1. The Morgan fingerprint density at radius 1 is 0.533 bits per heavy atom. The molecule has 0 aromatic heterocycles. The van der Waals surface area contributed by atoms with E-state index in [-0.39, 0.29) is 37.3 Å². The topological polar surface area (TPSA) is 109 Å². The fraction of sp³-hybridized carbons (Fsp3) is 0.0588. The van der Waals surface area contributed by atoms with Crippen LogP contribution in [0.2, 0.25) is 5.02 Å². The minimum Gasteiger partial charge on any atom is -0.268 e. The minimum absolute atomic E-state index is 0.0798.